The molecule has 1 unspecified atom stereocenters. The van der Waals surface area contributed by atoms with E-state index in [-0.39, 0.29) is 6.04 Å². The Kier molecular flexibility index (Phi) is 4.10. The molecule has 8 nitrogen and oxygen atoms in total. The average molecular weight is 354 g/mol. The van der Waals surface area contributed by atoms with Crippen molar-refractivity contribution in [1.82, 2.24) is 25.0 Å². The molecule has 0 bridgehead atoms. The summed E-state index contributed by atoms with van der Waals surface area (Å²) in [6, 6.07) is 4.26. The monoisotopic (exact) mass is 354 g/mol. The van der Waals surface area contributed by atoms with E-state index in [1.807, 2.05) is 6.92 Å². The Hall–Kier alpha value is -2.90. The van der Waals surface area contributed by atoms with E-state index >= 15 is 0 Å². The molecule has 1 aliphatic rings. The van der Waals surface area contributed by atoms with Gasteiger partial charge in [0.2, 0.25) is 0 Å². The maximum absolute atomic E-state index is 5.48. The summed E-state index contributed by atoms with van der Waals surface area (Å²) < 4.78 is 12.7. The molecule has 136 valence electrons. The second-order valence-corrected chi connectivity index (χ2v) is 6.30. The van der Waals surface area contributed by atoms with Crippen molar-refractivity contribution in [3.63, 3.8) is 0 Å². The average Bonchev–Trinajstić information content (AvgIpc) is 3.11. The van der Waals surface area contributed by atoms with Crippen molar-refractivity contribution in [2.45, 2.75) is 32.9 Å². The first-order chi connectivity index (χ1) is 12.7. The second-order valence-electron chi connectivity index (χ2n) is 6.30. The summed E-state index contributed by atoms with van der Waals surface area (Å²) in [5.41, 5.74) is 3.99. The standard InChI is InChI=1S/C18H22N6O2/c1-5-24-18-16(21-22-24)17(19-10-20-18)23-7-6-12-8-14(25-3)15(26-4)9-13(12)11(23)2/h8-11H,5-7H2,1-4H3. The third kappa shape index (κ3) is 2.44. The van der Waals surface area contributed by atoms with E-state index in [2.05, 4.69) is 44.2 Å². The predicted octanol–water partition coefficient (Wildman–Crippen LogP) is 2.38. The highest BCUT2D eigenvalue weighted by Gasteiger charge is 2.29. The molecule has 0 fully saturated rings. The van der Waals surface area contributed by atoms with Gasteiger partial charge in [0.15, 0.2) is 28.5 Å². The molecule has 0 aliphatic carbocycles. The Labute approximate surface area is 151 Å². The largest absolute Gasteiger partial charge is 0.493 e. The molecule has 0 saturated heterocycles. The van der Waals surface area contributed by atoms with Crippen molar-refractivity contribution in [2.75, 3.05) is 25.7 Å². The minimum atomic E-state index is 0.128. The lowest BCUT2D eigenvalue weighted by atomic mass is 9.92. The van der Waals surface area contributed by atoms with E-state index in [9.17, 15) is 0 Å². The van der Waals surface area contributed by atoms with Gasteiger partial charge in [-0.2, -0.15) is 0 Å². The van der Waals surface area contributed by atoms with Gasteiger partial charge >= 0.3 is 0 Å². The number of ether oxygens (including phenoxy) is 2. The van der Waals surface area contributed by atoms with E-state index in [1.165, 1.54) is 11.1 Å². The van der Waals surface area contributed by atoms with Crippen LogP contribution in [-0.2, 0) is 13.0 Å². The number of rotatable bonds is 4. The molecule has 4 rings (SSSR count). The quantitative estimate of drug-likeness (QED) is 0.712. The number of nitrogens with zero attached hydrogens (tertiary/aromatic N) is 6. The molecule has 26 heavy (non-hydrogen) atoms. The fraction of sp³-hybridized carbons (Fsp3) is 0.444. The number of aromatic nitrogens is 5. The van der Waals surface area contributed by atoms with Crippen LogP contribution in [0.15, 0.2) is 18.5 Å². The molecule has 0 N–H and O–H groups in total. The number of fused-ring (bicyclic) bond motifs is 2. The zero-order chi connectivity index (χ0) is 18.3. The van der Waals surface area contributed by atoms with Crippen LogP contribution in [0.5, 0.6) is 11.5 Å². The Morgan fingerprint density at radius 1 is 1.15 bits per heavy atom. The van der Waals surface area contributed by atoms with Crippen LogP contribution in [0.2, 0.25) is 0 Å². The van der Waals surface area contributed by atoms with Crippen LogP contribution in [0, 0.1) is 0 Å². The fourth-order valence-corrected chi connectivity index (χ4v) is 3.64. The molecule has 1 atom stereocenters. The van der Waals surface area contributed by atoms with Crippen LogP contribution in [0.25, 0.3) is 11.2 Å². The van der Waals surface area contributed by atoms with E-state index in [4.69, 9.17) is 9.47 Å². The summed E-state index contributed by atoms with van der Waals surface area (Å²) in [6.45, 7) is 5.76. The molecule has 2 aromatic heterocycles. The molecule has 1 aliphatic heterocycles. The summed E-state index contributed by atoms with van der Waals surface area (Å²) in [5.74, 6) is 2.33. The summed E-state index contributed by atoms with van der Waals surface area (Å²) in [7, 11) is 3.32. The van der Waals surface area contributed by atoms with Crippen molar-refractivity contribution in [3.05, 3.63) is 29.6 Å². The van der Waals surface area contributed by atoms with E-state index in [0.29, 0.717) is 0 Å². The highest BCUT2D eigenvalue weighted by Crippen LogP contribution is 2.40. The first-order valence-corrected chi connectivity index (χ1v) is 8.73. The summed E-state index contributed by atoms with van der Waals surface area (Å²) >= 11 is 0. The van der Waals surface area contributed by atoms with Crippen molar-refractivity contribution >= 4 is 17.0 Å². The summed E-state index contributed by atoms with van der Waals surface area (Å²) in [5, 5.41) is 8.51. The Morgan fingerprint density at radius 2 is 1.92 bits per heavy atom. The minimum absolute atomic E-state index is 0.128. The van der Waals surface area contributed by atoms with Gasteiger partial charge in [-0.15, -0.1) is 5.10 Å². The zero-order valence-electron chi connectivity index (χ0n) is 15.4. The highest BCUT2D eigenvalue weighted by atomic mass is 16.5. The van der Waals surface area contributed by atoms with Crippen LogP contribution in [0.3, 0.4) is 0 Å². The predicted molar refractivity (Wildman–Crippen MR) is 97.8 cm³/mol. The van der Waals surface area contributed by atoms with Crippen molar-refractivity contribution < 1.29 is 9.47 Å². The van der Waals surface area contributed by atoms with Crippen molar-refractivity contribution in [3.8, 4) is 11.5 Å². The number of aryl methyl sites for hydroxylation is 1. The molecule has 8 heteroatoms. The maximum atomic E-state index is 5.48. The van der Waals surface area contributed by atoms with Crippen LogP contribution in [0.4, 0.5) is 5.82 Å². The number of anilines is 1. The third-order valence-electron chi connectivity index (χ3n) is 5.04. The molecule has 3 heterocycles. The van der Waals surface area contributed by atoms with E-state index < -0.39 is 0 Å². The number of hydrogen-bond acceptors (Lipinski definition) is 7. The fourth-order valence-electron chi connectivity index (χ4n) is 3.64. The van der Waals surface area contributed by atoms with E-state index in [1.54, 1.807) is 25.2 Å². The van der Waals surface area contributed by atoms with Gasteiger partial charge in [-0.05, 0) is 43.5 Å². The summed E-state index contributed by atoms with van der Waals surface area (Å²) in [4.78, 5) is 11.1. The molecule has 0 amide bonds. The molecule has 0 spiro atoms. The van der Waals surface area contributed by atoms with Gasteiger partial charge in [0.05, 0.1) is 20.3 Å². The van der Waals surface area contributed by atoms with Gasteiger partial charge in [-0.25, -0.2) is 14.6 Å². The number of methoxy groups -OCH3 is 2. The molecule has 0 radical (unpaired) electrons. The maximum Gasteiger partial charge on any atom is 0.183 e. The van der Waals surface area contributed by atoms with Gasteiger partial charge in [0.25, 0.3) is 0 Å². The minimum Gasteiger partial charge on any atom is -0.493 e. The Bertz CT molecular complexity index is 954. The van der Waals surface area contributed by atoms with Gasteiger partial charge < -0.3 is 14.4 Å². The first kappa shape index (κ1) is 16.6. The number of benzene rings is 1. The molecule has 3 aromatic rings. The normalized spacial score (nSPS) is 16.6. The Morgan fingerprint density at radius 3 is 2.65 bits per heavy atom. The summed E-state index contributed by atoms with van der Waals surface area (Å²) in [6.07, 6.45) is 2.48. The van der Waals surface area contributed by atoms with Gasteiger partial charge in [0, 0.05) is 13.1 Å². The van der Waals surface area contributed by atoms with Crippen LogP contribution < -0.4 is 14.4 Å². The van der Waals surface area contributed by atoms with E-state index in [0.717, 1.165) is 48.0 Å². The SMILES string of the molecule is CCn1nnc2c(N3CCc4cc(OC)c(OC)cc4C3C)ncnc21. The van der Waals surface area contributed by atoms with Crippen LogP contribution >= 0.6 is 0 Å². The molecule has 0 saturated carbocycles. The van der Waals surface area contributed by atoms with Crippen LogP contribution in [0.1, 0.15) is 31.0 Å². The third-order valence-corrected chi connectivity index (χ3v) is 5.04. The lowest BCUT2D eigenvalue weighted by molar-refractivity contribution is 0.353. The van der Waals surface area contributed by atoms with Crippen LogP contribution in [-0.4, -0.2) is 45.7 Å². The van der Waals surface area contributed by atoms with Gasteiger partial charge in [-0.1, -0.05) is 5.21 Å². The lowest BCUT2D eigenvalue weighted by Gasteiger charge is -2.36. The highest BCUT2D eigenvalue weighted by molar-refractivity contribution is 5.83. The van der Waals surface area contributed by atoms with Crippen molar-refractivity contribution in [2.24, 2.45) is 0 Å². The van der Waals surface area contributed by atoms with Gasteiger partial charge in [-0.3, -0.25) is 0 Å². The Balaban J connectivity index is 1.78. The smallest absolute Gasteiger partial charge is 0.183 e. The number of hydrogen-bond donors (Lipinski definition) is 0. The molecular formula is C18H22N6O2. The molecule has 1 aromatic carbocycles. The first-order valence-electron chi connectivity index (χ1n) is 8.73. The molecular weight excluding hydrogens is 332 g/mol. The topological polar surface area (TPSA) is 78.2 Å². The second kappa shape index (κ2) is 6.44. The lowest BCUT2D eigenvalue weighted by Crippen LogP contribution is -2.34. The zero-order valence-corrected chi connectivity index (χ0v) is 15.4. The van der Waals surface area contributed by atoms with Gasteiger partial charge in [0.1, 0.15) is 6.33 Å². The van der Waals surface area contributed by atoms with Crippen molar-refractivity contribution in [1.29, 1.82) is 0 Å².